The minimum atomic E-state index is 0. The van der Waals surface area contributed by atoms with Crippen molar-refractivity contribution in [2.24, 2.45) is 51.2 Å². The van der Waals surface area contributed by atoms with E-state index in [1.165, 1.54) is 58.4 Å². The third-order valence-corrected chi connectivity index (χ3v) is 17.2. The van der Waals surface area contributed by atoms with Crippen LogP contribution in [0.5, 0.6) is 0 Å². The Labute approximate surface area is 346 Å². The van der Waals surface area contributed by atoms with Crippen LogP contribution in [-0.4, -0.2) is 3.21 Å². The topological polar surface area (TPSA) is 0 Å². The first-order chi connectivity index (χ1) is 23.4. The van der Waals surface area contributed by atoms with E-state index >= 15 is 0 Å². The van der Waals surface area contributed by atoms with Crippen LogP contribution < -0.4 is 24.8 Å². The molecule has 2 aromatic rings. The summed E-state index contributed by atoms with van der Waals surface area (Å²) in [5.74, 6) is 6.38. The van der Waals surface area contributed by atoms with Crippen molar-refractivity contribution < 1.29 is 49.0 Å². The zero-order valence-corrected chi connectivity index (χ0v) is 38.5. The number of fused-ring (bicyclic) bond motifs is 6. The fourth-order valence-electron chi connectivity index (χ4n) is 13.1. The molecule has 0 aromatic heterocycles. The molecule has 8 aliphatic carbocycles. The molecule has 0 spiro atoms. The van der Waals surface area contributed by atoms with Crippen LogP contribution in [0.2, 0.25) is 0 Å². The van der Waals surface area contributed by atoms with E-state index in [9.17, 15) is 0 Å². The van der Waals surface area contributed by atoms with Crippen LogP contribution in [-0.2, 0) is 36.1 Å². The average Bonchev–Trinajstić information content (AvgIpc) is 3.66. The Kier molecular flexibility index (Phi) is 11.7. The third kappa shape index (κ3) is 6.01. The molecule has 0 radical (unpaired) electrons. The number of hydrogen-bond donors (Lipinski definition) is 0. The van der Waals surface area contributed by atoms with Crippen molar-refractivity contribution in [1.29, 1.82) is 0 Å². The summed E-state index contributed by atoms with van der Waals surface area (Å²) in [4.78, 5) is 0. The zero-order valence-electron chi connectivity index (χ0n) is 34.5. The maximum Gasteiger partial charge on any atom is -0.0407 e. The summed E-state index contributed by atoms with van der Waals surface area (Å²) in [6.07, 6.45) is 16.1. The van der Waals surface area contributed by atoms with E-state index < -0.39 is 0 Å². The predicted molar refractivity (Wildman–Crippen MR) is 212 cm³/mol. The molecule has 0 N–H and O–H groups in total. The molecule has 5 saturated carbocycles. The molecule has 282 valence electrons. The molecule has 0 saturated heterocycles. The van der Waals surface area contributed by atoms with Gasteiger partial charge < -0.3 is 24.8 Å². The molecular formula is C49H66Cl2Zr-2. The van der Waals surface area contributed by atoms with E-state index in [0.29, 0.717) is 11.3 Å². The van der Waals surface area contributed by atoms with Gasteiger partial charge in [0.15, 0.2) is 0 Å². The quantitative estimate of drug-likeness (QED) is 0.269. The van der Waals surface area contributed by atoms with E-state index in [-0.39, 0.29) is 46.5 Å². The fourth-order valence-corrected chi connectivity index (χ4v) is 13.1. The molecule has 0 aliphatic heterocycles. The van der Waals surface area contributed by atoms with Crippen molar-refractivity contribution in [3.8, 4) is 0 Å². The van der Waals surface area contributed by atoms with Gasteiger partial charge in [0.2, 0.25) is 0 Å². The molecule has 2 aromatic carbocycles. The van der Waals surface area contributed by atoms with Gasteiger partial charge in [0.1, 0.15) is 0 Å². The molecule has 8 aliphatic rings. The second-order valence-electron chi connectivity index (χ2n) is 20.0. The van der Waals surface area contributed by atoms with Crippen LogP contribution in [0.4, 0.5) is 0 Å². The Bertz CT molecular complexity index is 1740. The molecule has 2 atom stereocenters. The first-order valence-corrected chi connectivity index (χ1v) is 21.4. The van der Waals surface area contributed by atoms with Gasteiger partial charge in [-0.1, -0.05) is 133 Å². The summed E-state index contributed by atoms with van der Waals surface area (Å²) in [6, 6.07) is 16.3. The molecule has 3 heteroatoms. The van der Waals surface area contributed by atoms with Crippen molar-refractivity contribution in [1.82, 2.24) is 0 Å². The zero-order chi connectivity index (χ0) is 36.2. The van der Waals surface area contributed by atoms with Crippen LogP contribution in [0.3, 0.4) is 0 Å². The Hall–Kier alpha value is -1.01. The first kappa shape index (κ1) is 42.1. The van der Waals surface area contributed by atoms with Crippen LogP contribution in [0.1, 0.15) is 143 Å². The summed E-state index contributed by atoms with van der Waals surface area (Å²) < 4.78 is 1.51. The van der Waals surface area contributed by atoms with E-state index in [0.717, 1.165) is 30.1 Å². The Morgan fingerprint density at radius 3 is 1.98 bits per heavy atom. The summed E-state index contributed by atoms with van der Waals surface area (Å²) in [5, 5.41) is 0. The SMILES string of the molecule is C[C-]1C2=C3Cc4ccccc4C3=C3C=CCCC3C2(C)C(C)(C)C(C)(C)C1(C)C.C[C](C)=[Zr+2].Cc1cc(C2(C)C3CC4CC(C3)CC2C4)c[cH-]1.[Cl-].[Cl-]. The minimum Gasteiger partial charge on any atom is -1.00 e. The van der Waals surface area contributed by atoms with Gasteiger partial charge in [-0.25, -0.2) is 12.0 Å². The van der Waals surface area contributed by atoms with Gasteiger partial charge in [-0.2, -0.15) is 34.4 Å². The van der Waals surface area contributed by atoms with Gasteiger partial charge in [0.05, 0.1) is 0 Å². The van der Waals surface area contributed by atoms with Crippen molar-refractivity contribution in [3.63, 3.8) is 0 Å². The van der Waals surface area contributed by atoms with Gasteiger partial charge in [0, 0.05) is 0 Å². The van der Waals surface area contributed by atoms with E-state index in [2.05, 4.69) is 138 Å². The number of allylic oxidation sites excluding steroid dienone is 6. The van der Waals surface area contributed by atoms with Gasteiger partial charge in [-0.05, 0) is 96.3 Å². The van der Waals surface area contributed by atoms with Crippen LogP contribution in [0.25, 0.3) is 5.57 Å². The average molecular weight is 817 g/mol. The first-order valence-electron chi connectivity index (χ1n) is 20.2. The number of hydrogen-bond acceptors (Lipinski definition) is 0. The molecule has 4 bridgehead atoms. The van der Waals surface area contributed by atoms with Crippen LogP contribution in [0.15, 0.2) is 71.3 Å². The molecule has 5 fully saturated rings. The largest absolute Gasteiger partial charge is 1.00 e. The van der Waals surface area contributed by atoms with Gasteiger partial charge >= 0.3 is 41.3 Å². The second kappa shape index (κ2) is 14.5. The predicted octanol–water partition coefficient (Wildman–Crippen LogP) is 7.15. The molecule has 0 nitrogen and oxygen atoms in total. The van der Waals surface area contributed by atoms with Gasteiger partial charge in [0.25, 0.3) is 0 Å². The molecule has 0 heterocycles. The van der Waals surface area contributed by atoms with Crippen molar-refractivity contribution in [2.45, 2.75) is 140 Å². The van der Waals surface area contributed by atoms with Gasteiger partial charge in [-0.15, -0.1) is 6.92 Å². The Morgan fingerprint density at radius 2 is 1.42 bits per heavy atom. The maximum absolute atomic E-state index is 2.62. The number of aryl methyl sites for hydroxylation is 1. The standard InChI is InChI=1S/C29H37.C17H23.C3H6.2ClH.Zr/c1-18-25-22-17-19-13-9-10-14-20(19)24(22)21-15-11-12-16-23(21)29(25,8)28(6,7)27(4,5)26(18,2)3;1-11-3-4-14(5-11)17(2)15-7-12-6-13(9-15)10-16(17)8-12;1-3-2;;;/h9-11,13-15,23H,12,16-17H2,1-8H3;3-5,12-13,15-16H,6-10H2,1-2H3;1-2H3;2*1H;/q2*-1;;;;+2/p-2. The summed E-state index contributed by atoms with van der Waals surface area (Å²) in [7, 11) is 0. The molecule has 0 amide bonds. The third-order valence-electron chi connectivity index (χ3n) is 17.2. The second-order valence-corrected chi connectivity index (χ2v) is 22.5. The van der Waals surface area contributed by atoms with E-state index in [1.54, 1.807) is 64.4 Å². The fraction of sp³-hybridized carbons (Fsp3) is 0.612. The van der Waals surface area contributed by atoms with E-state index in [1.807, 2.05) is 0 Å². The van der Waals surface area contributed by atoms with Crippen LogP contribution >= 0.6 is 0 Å². The number of rotatable bonds is 1. The number of halogens is 2. The Balaban J connectivity index is 0.000000193. The monoisotopic (exact) mass is 814 g/mol. The van der Waals surface area contributed by atoms with Gasteiger partial charge in [-0.3, -0.25) is 0 Å². The minimum absolute atomic E-state index is 0. The Morgan fingerprint density at radius 1 is 0.846 bits per heavy atom. The normalized spacial score (nSPS) is 34.7. The molecule has 52 heavy (non-hydrogen) atoms. The van der Waals surface area contributed by atoms with Crippen molar-refractivity contribution in [2.75, 3.05) is 0 Å². The van der Waals surface area contributed by atoms with Crippen molar-refractivity contribution >= 4 is 8.78 Å². The summed E-state index contributed by atoms with van der Waals surface area (Å²) >= 11 is 1.55. The maximum atomic E-state index is 2.62. The number of benzene rings is 1. The smallest absolute Gasteiger partial charge is 0.0407 e. The summed E-state index contributed by atoms with van der Waals surface area (Å²) in [6.45, 7) is 29.4. The van der Waals surface area contributed by atoms with E-state index in [4.69, 9.17) is 0 Å². The molecular weight excluding hydrogens is 751 g/mol. The molecule has 10 rings (SSSR count). The molecule has 2 unspecified atom stereocenters. The van der Waals surface area contributed by atoms with Crippen molar-refractivity contribution in [3.05, 3.63) is 99.5 Å². The summed E-state index contributed by atoms with van der Waals surface area (Å²) in [5.41, 5.74) is 13.9. The van der Waals surface area contributed by atoms with Crippen LogP contribution in [0, 0.1) is 64.1 Å².